The Morgan fingerprint density at radius 1 is 1.47 bits per heavy atom. The number of carbonyl (C=O) groups is 2. The Morgan fingerprint density at radius 2 is 2.24 bits per heavy atom. The van der Waals surface area contributed by atoms with Crippen molar-refractivity contribution in [2.24, 2.45) is 0 Å². The molecule has 1 N–H and O–H groups in total. The lowest BCUT2D eigenvalue weighted by Gasteiger charge is -2.27. The van der Waals surface area contributed by atoms with E-state index in [1.54, 1.807) is 11.8 Å². The van der Waals surface area contributed by atoms with Gasteiger partial charge in [0.25, 0.3) is 0 Å². The zero-order valence-electron chi connectivity index (χ0n) is 9.47. The molecule has 5 heteroatoms. The standard InChI is InChI=1S/C12H13NO3S/c1-2-8-3-4-9-10(7-8)17-6-5-13(9)11(14)12(15)16/h3-4,7H,2,5-6H2,1H3,(H,15,16). The number of carboxylic acids is 1. The normalized spacial score (nSPS) is 14.3. The van der Waals surface area contributed by atoms with E-state index in [1.807, 2.05) is 18.2 Å². The molecular weight excluding hydrogens is 238 g/mol. The van der Waals surface area contributed by atoms with E-state index in [2.05, 4.69) is 6.92 Å². The average molecular weight is 251 g/mol. The van der Waals surface area contributed by atoms with Crippen LogP contribution in [0.2, 0.25) is 0 Å². The molecule has 0 unspecified atom stereocenters. The number of carbonyl (C=O) groups excluding carboxylic acids is 1. The molecule has 0 radical (unpaired) electrons. The molecule has 1 heterocycles. The van der Waals surface area contributed by atoms with E-state index in [1.165, 1.54) is 10.5 Å². The lowest BCUT2D eigenvalue weighted by molar-refractivity contribution is -0.148. The molecule has 1 amide bonds. The SMILES string of the molecule is CCc1ccc2c(c1)SCCN2C(=O)C(=O)O. The number of fused-ring (bicyclic) bond motifs is 1. The fourth-order valence-corrected chi connectivity index (χ4v) is 2.87. The number of hydrogen-bond acceptors (Lipinski definition) is 3. The smallest absolute Gasteiger partial charge is 0.394 e. The second kappa shape index (κ2) is 4.79. The molecule has 0 atom stereocenters. The molecule has 90 valence electrons. The van der Waals surface area contributed by atoms with E-state index in [-0.39, 0.29) is 0 Å². The van der Waals surface area contributed by atoms with E-state index < -0.39 is 11.9 Å². The van der Waals surface area contributed by atoms with Gasteiger partial charge in [-0.25, -0.2) is 4.79 Å². The zero-order chi connectivity index (χ0) is 12.4. The van der Waals surface area contributed by atoms with Crippen molar-refractivity contribution < 1.29 is 14.7 Å². The number of nitrogens with zero attached hydrogens (tertiary/aromatic N) is 1. The maximum atomic E-state index is 11.5. The summed E-state index contributed by atoms with van der Waals surface area (Å²) in [5.74, 6) is -1.52. The largest absolute Gasteiger partial charge is 0.474 e. The van der Waals surface area contributed by atoms with Gasteiger partial charge in [0.2, 0.25) is 0 Å². The number of thioether (sulfide) groups is 1. The predicted molar refractivity (Wildman–Crippen MR) is 66.5 cm³/mol. The first-order valence-electron chi connectivity index (χ1n) is 5.44. The first kappa shape index (κ1) is 12.0. The first-order valence-corrected chi connectivity index (χ1v) is 6.42. The van der Waals surface area contributed by atoms with Crippen LogP contribution in [-0.2, 0) is 16.0 Å². The lowest BCUT2D eigenvalue weighted by Crippen LogP contribution is -2.39. The number of aliphatic carboxylic acids is 1. The quantitative estimate of drug-likeness (QED) is 0.773. The van der Waals surface area contributed by atoms with E-state index in [9.17, 15) is 9.59 Å². The molecule has 1 aromatic rings. The fourth-order valence-electron chi connectivity index (χ4n) is 1.81. The summed E-state index contributed by atoms with van der Waals surface area (Å²) in [5, 5.41) is 8.76. The van der Waals surface area contributed by atoms with Gasteiger partial charge in [0.15, 0.2) is 0 Å². The number of rotatable bonds is 1. The Bertz CT molecular complexity index is 473. The van der Waals surface area contributed by atoms with Gasteiger partial charge in [-0.15, -0.1) is 11.8 Å². The average Bonchev–Trinajstić information content (AvgIpc) is 2.36. The van der Waals surface area contributed by atoms with E-state index in [4.69, 9.17) is 5.11 Å². The van der Waals surface area contributed by atoms with Crippen molar-refractivity contribution in [3.8, 4) is 0 Å². The number of hydrogen-bond donors (Lipinski definition) is 1. The minimum atomic E-state index is -1.40. The highest BCUT2D eigenvalue weighted by Crippen LogP contribution is 2.35. The molecule has 4 nitrogen and oxygen atoms in total. The number of carboxylic acid groups (broad SMARTS) is 1. The maximum absolute atomic E-state index is 11.5. The molecule has 2 rings (SSSR count). The van der Waals surface area contributed by atoms with Gasteiger partial charge < -0.3 is 10.0 Å². The molecule has 1 aliphatic heterocycles. The van der Waals surface area contributed by atoms with Crippen molar-refractivity contribution in [1.29, 1.82) is 0 Å². The molecule has 1 aromatic carbocycles. The van der Waals surface area contributed by atoms with Crippen LogP contribution in [0, 0.1) is 0 Å². The van der Waals surface area contributed by atoms with Crippen LogP contribution in [0.4, 0.5) is 5.69 Å². The number of anilines is 1. The highest BCUT2D eigenvalue weighted by molar-refractivity contribution is 7.99. The Balaban J connectivity index is 2.38. The van der Waals surface area contributed by atoms with Crippen molar-refractivity contribution in [3.63, 3.8) is 0 Å². The van der Waals surface area contributed by atoms with E-state index in [0.717, 1.165) is 17.1 Å². The van der Waals surface area contributed by atoms with Gasteiger partial charge in [0.1, 0.15) is 0 Å². The third-order valence-electron chi connectivity index (χ3n) is 2.72. The lowest BCUT2D eigenvalue weighted by atomic mass is 10.1. The van der Waals surface area contributed by atoms with Crippen LogP contribution in [0.15, 0.2) is 23.1 Å². The number of benzene rings is 1. The molecule has 1 aliphatic rings. The monoisotopic (exact) mass is 251 g/mol. The van der Waals surface area contributed by atoms with Gasteiger partial charge in [-0.05, 0) is 24.1 Å². The summed E-state index contributed by atoms with van der Waals surface area (Å²) in [6.07, 6.45) is 0.931. The summed E-state index contributed by atoms with van der Waals surface area (Å²) in [4.78, 5) is 24.6. The molecule has 0 saturated heterocycles. The molecular formula is C12H13NO3S. The van der Waals surface area contributed by atoms with Crippen LogP contribution in [0.1, 0.15) is 12.5 Å². The minimum Gasteiger partial charge on any atom is -0.474 e. The Hall–Kier alpha value is -1.49. The van der Waals surface area contributed by atoms with Gasteiger partial charge >= 0.3 is 11.9 Å². The van der Waals surface area contributed by atoms with Crippen LogP contribution >= 0.6 is 11.8 Å². The summed E-state index contributed by atoms with van der Waals surface area (Å²) in [7, 11) is 0. The number of amides is 1. The topological polar surface area (TPSA) is 57.6 Å². The second-order valence-electron chi connectivity index (χ2n) is 3.77. The molecule has 0 aromatic heterocycles. The van der Waals surface area contributed by atoms with Gasteiger partial charge in [0.05, 0.1) is 5.69 Å². The minimum absolute atomic E-state index is 0.453. The zero-order valence-corrected chi connectivity index (χ0v) is 10.3. The van der Waals surface area contributed by atoms with Crippen molar-refractivity contribution in [1.82, 2.24) is 0 Å². The molecule has 0 saturated carbocycles. The van der Waals surface area contributed by atoms with Crippen LogP contribution in [0.25, 0.3) is 0 Å². The van der Waals surface area contributed by atoms with E-state index >= 15 is 0 Å². The molecule has 17 heavy (non-hydrogen) atoms. The van der Waals surface area contributed by atoms with Crippen LogP contribution in [0.5, 0.6) is 0 Å². The third-order valence-corrected chi connectivity index (χ3v) is 3.75. The summed E-state index contributed by atoms with van der Waals surface area (Å²) in [6, 6.07) is 5.80. The fraction of sp³-hybridized carbons (Fsp3) is 0.333. The van der Waals surface area contributed by atoms with Gasteiger partial charge in [-0.1, -0.05) is 13.0 Å². The summed E-state index contributed by atoms with van der Waals surface area (Å²) >= 11 is 1.66. The molecule has 0 fully saturated rings. The van der Waals surface area contributed by atoms with Crippen LogP contribution in [-0.4, -0.2) is 29.3 Å². The summed E-state index contributed by atoms with van der Waals surface area (Å²) in [6.45, 7) is 2.52. The predicted octanol–water partition coefficient (Wildman–Crippen LogP) is 1.77. The summed E-state index contributed by atoms with van der Waals surface area (Å²) < 4.78 is 0. The summed E-state index contributed by atoms with van der Waals surface area (Å²) in [5.41, 5.74) is 1.91. The highest BCUT2D eigenvalue weighted by atomic mass is 32.2. The van der Waals surface area contributed by atoms with Gasteiger partial charge in [-0.2, -0.15) is 0 Å². The Kier molecular flexibility index (Phi) is 3.38. The van der Waals surface area contributed by atoms with Gasteiger partial charge in [-0.3, -0.25) is 4.79 Å². The maximum Gasteiger partial charge on any atom is 0.394 e. The van der Waals surface area contributed by atoms with Crippen molar-refractivity contribution in [3.05, 3.63) is 23.8 Å². The Labute approximate surface area is 104 Å². The Morgan fingerprint density at radius 3 is 2.88 bits per heavy atom. The molecule has 0 spiro atoms. The van der Waals surface area contributed by atoms with E-state index in [0.29, 0.717) is 12.2 Å². The van der Waals surface area contributed by atoms with Crippen molar-refractivity contribution in [2.45, 2.75) is 18.2 Å². The number of aryl methyl sites for hydroxylation is 1. The first-order chi connectivity index (χ1) is 8.13. The van der Waals surface area contributed by atoms with Gasteiger partial charge in [0, 0.05) is 17.2 Å². The van der Waals surface area contributed by atoms with Crippen LogP contribution < -0.4 is 4.90 Å². The third kappa shape index (κ3) is 2.29. The van der Waals surface area contributed by atoms with Crippen molar-refractivity contribution in [2.75, 3.05) is 17.2 Å². The van der Waals surface area contributed by atoms with Crippen molar-refractivity contribution >= 4 is 29.3 Å². The molecule has 0 bridgehead atoms. The highest BCUT2D eigenvalue weighted by Gasteiger charge is 2.27. The van der Waals surface area contributed by atoms with Crippen LogP contribution in [0.3, 0.4) is 0 Å². The molecule has 0 aliphatic carbocycles. The second-order valence-corrected chi connectivity index (χ2v) is 4.90.